The highest BCUT2D eigenvalue weighted by atomic mass is 35.5. The average molecular weight is 406 g/mol. The van der Waals surface area contributed by atoms with Gasteiger partial charge in [0.05, 0.1) is 10.9 Å². The fourth-order valence-electron chi connectivity index (χ4n) is 2.67. The van der Waals surface area contributed by atoms with Gasteiger partial charge in [0.25, 0.3) is 11.5 Å². The Balaban J connectivity index is 1.90. The molecule has 0 aliphatic rings. The van der Waals surface area contributed by atoms with Crippen molar-refractivity contribution in [1.29, 1.82) is 0 Å². The van der Waals surface area contributed by atoms with Gasteiger partial charge < -0.3 is 10.3 Å². The minimum Gasteiger partial charge on any atom is -0.321 e. The van der Waals surface area contributed by atoms with Crippen molar-refractivity contribution in [3.63, 3.8) is 0 Å². The summed E-state index contributed by atoms with van der Waals surface area (Å²) in [6, 6.07) is 10.4. The van der Waals surface area contributed by atoms with E-state index in [2.05, 4.69) is 10.3 Å². The molecule has 4 rings (SSSR count). The van der Waals surface area contributed by atoms with E-state index in [1.54, 1.807) is 28.7 Å². The van der Waals surface area contributed by atoms with Crippen molar-refractivity contribution in [2.45, 2.75) is 0 Å². The summed E-state index contributed by atoms with van der Waals surface area (Å²) in [7, 11) is 0. The number of aromatic nitrogens is 2. The molecule has 2 aromatic heterocycles. The fourth-order valence-corrected chi connectivity index (χ4v) is 4.12. The van der Waals surface area contributed by atoms with E-state index in [9.17, 15) is 14.0 Å². The number of benzene rings is 2. The molecule has 0 saturated carbocycles. The van der Waals surface area contributed by atoms with Gasteiger partial charge in [-0.2, -0.15) is 0 Å². The molecule has 2 aromatic carbocycles. The van der Waals surface area contributed by atoms with E-state index >= 15 is 0 Å². The highest BCUT2D eigenvalue weighted by molar-refractivity contribution is 7.73. The van der Waals surface area contributed by atoms with Crippen LogP contribution in [0.5, 0.6) is 0 Å². The minimum absolute atomic E-state index is 0.230. The van der Waals surface area contributed by atoms with Gasteiger partial charge in [0.2, 0.25) is 0 Å². The number of anilines is 1. The molecule has 26 heavy (non-hydrogen) atoms. The molecule has 0 fully saturated rings. The first-order chi connectivity index (χ1) is 12.4. The molecule has 0 atom stereocenters. The number of hydrogen-bond acceptors (Lipinski definition) is 4. The summed E-state index contributed by atoms with van der Waals surface area (Å²) < 4.78 is 15.3. The molecular weight excluding hydrogens is 397 g/mol. The predicted octanol–water partition coefficient (Wildman–Crippen LogP) is 4.62. The predicted molar refractivity (Wildman–Crippen MR) is 104 cm³/mol. The smallest absolute Gasteiger partial charge is 0.269 e. The molecule has 0 unspecified atom stereocenters. The quantitative estimate of drug-likeness (QED) is 0.478. The van der Waals surface area contributed by atoms with Crippen LogP contribution in [0.1, 0.15) is 9.67 Å². The monoisotopic (exact) mass is 405 g/mol. The zero-order chi connectivity index (χ0) is 18.4. The fraction of sp³-hybridized carbons (Fsp3) is 0. The van der Waals surface area contributed by atoms with Gasteiger partial charge in [-0.3, -0.25) is 14.0 Å². The molecule has 0 spiro atoms. The van der Waals surface area contributed by atoms with Gasteiger partial charge in [0.15, 0.2) is 3.95 Å². The van der Waals surface area contributed by atoms with Gasteiger partial charge in [-0.05, 0) is 48.6 Å². The second kappa shape index (κ2) is 6.31. The molecule has 4 aromatic rings. The van der Waals surface area contributed by atoms with Gasteiger partial charge in [-0.1, -0.05) is 29.0 Å². The summed E-state index contributed by atoms with van der Waals surface area (Å²) in [5.74, 6) is -0.952. The number of hydrogen-bond donors (Lipinski definition) is 2. The maximum Gasteiger partial charge on any atom is 0.269 e. The SMILES string of the molecule is O=C(Nc1cccc(F)c1)c1sc(=S)n2c1[nH]c(=O)c1cc(Cl)ccc12. The first kappa shape index (κ1) is 16.9. The number of carbonyl (C=O) groups excluding carboxylic acids is 1. The number of amides is 1. The number of fused-ring (bicyclic) bond motifs is 3. The zero-order valence-electron chi connectivity index (χ0n) is 12.9. The van der Waals surface area contributed by atoms with E-state index in [0.29, 0.717) is 25.6 Å². The van der Waals surface area contributed by atoms with E-state index in [-0.39, 0.29) is 16.1 Å². The van der Waals surface area contributed by atoms with Crippen LogP contribution >= 0.6 is 35.2 Å². The van der Waals surface area contributed by atoms with Gasteiger partial charge >= 0.3 is 0 Å². The van der Waals surface area contributed by atoms with Crippen LogP contribution < -0.4 is 10.9 Å². The molecular formula is C17H9ClFN3O2S2. The van der Waals surface area contributed by atoms with Crippen LogP contribution in [0.3, 0.4) is 0 Å². The van der Waals surface area contributed by atoms with E-state index in [1.165, 1.54) is 18.2 Å². The molecule has 130 valence electrons. The number of rotatable bonds is 2. The molecule has 0 radical (unpaired) electrons. The number of carbonyl (C=O) groups is 1. The van der Waals surface area contributed by atoms with E-state index in [0.717, 1.165) is 11.3 Å². The van der Waals surface area contributed by atoms with E-state index in [1.807, 2.05) is 0 Å². The third kappa shape index (κ3) is 2.82. The number of aromatic amines is 1. The standard InChI is InChI=1S/C17H9ClFN3O2S2/c18-8-4-5-12-11(6-8)15(23)21-14-13(26-17(25)22(12)14)16(24)20-10-3-1-2-9(19)7-10/h1-7H,(H,20,24)(H,21,23). The first-order valence-corrected chi connectivity index (χ1v) is 8.98. The third-order valence-electron chi connectivity index (χ3n) is 3.78. The van der Waals surface area contributed by atoms with Crippen LogP contribution in [0.4, 0.5) is 10.1 Å². The highest BCUT2D eigenvalue weighted by Gasteiger charge is 2.18. The van der Waals surface area contributed by atoms with Crippen molar-refractivity contribution in [2.75, 3.05) is 5.32 Å². The Bertz CT molecular complexity index is 1310. The van der Waals surface area contributed by atoms with Crippen molar-refractivity contribution >= 4 is 63.3 Å². The Morgan fingerprint density at radius 1 is 1.27 bits per heavy atom. The Morgan fingerprint density at radius 3 is 2.85 bits per heavy atom. The summed E-state index contributed by atoms with van der Waals surface area (Å²) in [6.45, 7) is 0. The van der Waals surface area contributed by atoms with Crippen molar-refractivity contribution in [1.82, 2.24) is 9.38 Å². The minimum atomic E-state index is -0.488. The first-order valence-electron chi connectivity index (χ1n) is 7.38. The van der Waals surface area contributed by atoms with Gasteiger partial charge in [-0.15, -0.1) is 0 Å². The molecule has 0 aliphatic carbocycles. The Labute approximate surface area is 159 Å². The van der Waals surface area contributed by atoms with Crippen molar-refractivity contribution in [3.05, 3.63) is 72.5 Å². The van der Waals surface area contributed by atoms with Crippen molar-refractivity contribution in [3.8, 4) is 0 Å². The second-order valence-corrected chi connectivity index (χ2v) is 7.54. The van der Waals surface area contributed by atoms with Crippen LogP contribution in [0, 0.1) is 9.77 Å². The number of nitrogens with one attached hydrogen (secondary N) is 2. The molecule has 1 amide bonds. The van der Waals surface area contributed by atoms with Gasteiger partial charge in [0.1, 0.15) is 16.3 Å². The lowest BCUT2D eigenvalue weighted by Gasteiger charge is -2.05. The summed E-state index contributed by atoms with van der Waals surface area (Å²) in [5, 5.41) is 3.41. The van der Waals surface area contributed by atoms with Crippen LogP contribution in [0.25, 0.3) is 16.6 Å². The number of thiazole rings is 1. The maximum atomic E-state index is 13.3. The molecule has 9 heteroatoms. The van der Waals surface area contributed by atoms with Crippen molar-refractivity contribution < 1.29 is 9.18 Å². The molecule has 0 bridgehead atoms. The maximum absolute atomic E-state index is 13.3. The van der Waals surface area contributed by atoms with Crippen LogP contribution in [-0.2, 0) is 0 Å². The number of H-pyrrole nitrogens is 1. The molecule has 2 N–H and O–H groups in total. The van der Waals surface area contributed by atoms with Gasteiger partial charge in [-0.25, -0.2) is 4.39 Å². The Kier molecular flexibility index (Phi) is 4.10. The molecule has 0 aliphatic heterocycles. The largest absolute Gasteiger partial charge is 0.321 e. The van der Waals surface area contributed by atoms with E-state index in [4.69, 9.17) is 23.8 Å². The molecule has 2 heterocycles. The molecule has 0 saturated heterocycles. The van der Waals surface area contributed by atoms with Crippen LogP contribution in [-0.4, -0.2) is 15.3 Å². The van der Waals surface area contributed by atoms with Crippen LogP contribution in [0.2, 0.25) is 5.02 Å². The summed E-state index contributed by atoms with van der Waals surface area (Å²) in [6.07, 6.45) is 0. The molecule has 5 nitrogen and oxygen atoms in total. The van der Waals surface area contributed by atoms with Crippen molar-refractivity contribution in [2.24, 2.45) is 0 Å². The number of nitrogens with zero attached hydrogens (tertiary/aromatic N) is 1. The normalized spacial score (nSPS) is 11.2. The summed E-state index contributed by atoms with van der Waals surface area (Å²) in [5.41, 5.74) is 0.769. The number of halogens is 2. The third-order valence-corrected chi connectivity index (χ3v) is 5.38. The highest BCUT2D eigenvalue weighted by Crippen LogP contribution is 2.25. The van der Waals surface area contributed by atoms with Gasteiger partial charge in [0, 0.05) is 10.7 Å². The summed E-state index contributed by atoms with van der Waals surface area (Å²) in [4.78, 5) is 27.9. The topological polar surface area (TPSA) is 66.4 Å². The average Bonchev–Trinajstić information content (AvgIpc) is 2.92. The van der Waals surface area contributed by atoms with Crippen LogP contribution in [0.15, 0.2) is 47.3 Å². The van der Waals surface area contributed by atoms with E-state index < -0.39 is 11.7 Å². The zero-order valence-corrected chi connectivity index (χ0v) is 15.3. The lowest BCUT2D eigenvalue weighted by Crippen LogP contribution is -2.15. The lowest BCUT2D eigenvalue weighted by molar-refractivity contribution is 0.103. The summed E-state index contributed by atoms with van der Waals surface area (Å²) >= 11 is 12.4. The lowest BCUT2D eigenvalue weighted by atomic mass is 10.2. The Hall–Kier alpha value is -2.55. The Morgan fingerprint density at radius 2 is 2.08 bits per heavy atom. The second-order valence-electron chi connectivity index (χ2n) is 5.46.